The summed E-state index contributed by atoms with van der Waals surface area (Å²) < 4.78 is 5.45. The summed E-state index contributed by atoms with van der Waals surface area (Å²) in [5.74, 6) is 0.845. The first kappa shape index (κ1) is 15.4. The van der Waals surface area contributed by atoms with Gasteiger partial charge in [0.15, 0.2) is 5.76 Å². The molecule has 0 fully saturated rings. The fraction of sp³-hybridized carbons (Fsp3) is 0.474. The van der Waals surface area contributed by atoms with Gasteiger partial charge in [0, 0.05) is 35.2 Å². The van der Waals surface area contributed by atoms with E-state index in [1.807, 2.05) is 6.07 Å². The molecule has 1 aliphatic rings. The molecule has 4 rings (SSSR count). The van der Waals surface area contributed by atoms with Crippen LogP contribution >= 0.6 is 0 Å². The second kappa shape index (κ2) is 6.40. The summed E-state index contributed by atoms with van der Waals surface area (Å²) in [6, 6.07) is 6.66. The average molecular weight is 324 g/mol. The van der Waals surface area contributed by atoms with Crippen molar-refractivity contribution in [1.29, 1.82) is 0 Å². The molecule has 0 amide bonds. The zero-order valence-electron chi connectivity index (χ0n) is 14.4. The SMILES string of the molecule is CCCN(CCC)C1Cc2[nH]nc3ccc(-c4ccno4)c(c23)C1. The summed E-state index contributed by atoms with van der Waals surface area (Å²) in [6.07, 6.45) is 6.17. The van der Waals surface area contributed by atoms with E-state index in [1.165, 1.54) is 29.5 Å². The van der Waals surface area contributed by atoms with Crippen LogP contribution in [0.25, 0.3) is 22.2 Å². The Morgan fingerprint density at radius 1 is 1.17 bits per heavy atom. The van der Waals surface area contributed by atoms with E-state index in [2.05, 4.69) is 46.2 Å². The lowest BCUT2D eigenvalue weighted by molar-refractivity contribution is 0.191. The van der Waals surface area contributed by atoms with Crippen LogP contribution in [0.3, 0.4) is 0 Å². The van der Waals surface area contributed by atoms with E-state index in [4.69, 9.17) is 4.52 Å². The summed E-state index contributed by atoms with van der Waals surface area (Å²) in [4.78, 5) is 2.63. The molecule has 0 bridgehead atoms. The third kappa shape index (κ3) is 2.53. The third-order valence-corrected chi connectivity index (χ3v) is 5.02. The largest absolute Gasteiger partial charge is 0.356 e. The summed E-state index contributed by atoms with van der Waals surface area (Å²) >= 11 is 0. The van der Waals surface area contributed by atoms with Gasteiger partial charge in [0.2, 0.25) is 0 Å². The highest BCUT2D eigenvalue weighted by molar-refractivity contribution is 5.91. The normalized spacial score (nSPS) is 17.0. The first-order valence-electron chi connectivity index (χ1n) is 8.95. The van der Waals surface area contributed by atoms with Gasteiger partial charge < -0.3 is 4.52 Å². The zero-order chi connectivity index (χ0) is 16.5. The van der Waals surface area contributed by atoms with Crippen molar-refractivity contribution >= 4 is 10.9 Å². The third-order valence-electron chi connectivity index (χ3n) is 5.02. The van der Waals surface area contributed by atoms with Crippen molar-refractivity contribution in [3.63, 3.8) is 0 Å². The minimum Gasteiger partial charge on any atom is -0.356 e. The van der Waals surface area contributed by atoms with Crippen LogP contribution in [0.5, 0.6) is 0 Å². The summed E-state index contributed by atoms with van der Waals surface area (Å²) in [6.45, 7) is 6.81. The maximum atomic E-state index is 5.45. The van der Waals surface area contributed by atoms with Crippen LogP contribution in [0.1, 0.15) is 37.9 Å². The molecule has 2 aromatic heterocycles. The lowest BCUT2D eigenvalue weighted by Crippen LogP contribution is -2.41. The van der Waals surface area contributed by atoms with Gasteiger partial charge in [-0.05, 0) is 50.0 Å². The number of benzene rings is 1. The monoisotopic (exact) mass is 324 g/mol. The Bertz CT molecular complexity index is 815. The molecule has 5 nitrogen and oxygen atoms in total. The number of rotatable bonds is 6. The van der Waals surface area contributed by atoms with Crippen molar-refractivity contribution in [3.05, 3.63) is 35.7 Å². The minimum absolute atomic E-state index is 0.519. The molecule has 24 heavy (non-hydrogen) atoms. The first-order valence-corrected chi connectivity index (χ1v) is 8.95. The van der Waals surface area contributed by atoms with Crippen LogP contribution in [0.4, 0.5) is 0 Å². The van der Waals surface area contributed by atoms with Crippen molar-refractivity contribution in [2.24, 2.45) is 0 Å². The number of H-pyrrole nitrogens is 1. The van der Waals surface area contributed by atoms with Gasteiger partial charge in [0.25, 0.3) is 0 Å². The fourth-order valence-electron chi connectivity index (χ4n) is 4.05. The standard InChI is InChI=1S/C19H24N4O/c1-3-9-23(10-4-2)13-11-15-14(18-7-8-20-24-18)5-6-16-19(15)17(12-13)22-21-16/h5-8,13H,3-4,9-12H2,1-2H3,(H,21,22). The van der Waals surface area contributed by atoms with E-state index >= 15 is 0 Å². The number of hydrogen-bond donors (Lipinski definition) is 1. The van der Waals surface area contributed by atoms with Gasteiger partial charge >= 0.3 is 0 Å². The molecule has 0 saturated carbocycles. The number of hydrogen-bond acceptors (Lipinski definition) is 4. The van der Waals surface area contributed by atoms with E-state index in [0.29, 0.717) is 6.04 Å². The topological polar surface area (TPSA) is 58.0 Å². The summed E-state index contributed by atoms with van der Waals surface area (Å²) in [5, 5.41) is 13.0. The number of nitrogens with one attached hydrogen (secondary N) is 1. The highest BCUT2D eigenvalue weighted by atomic mass is 16.5. The Morgan fingerprint density at radius 2 is 2.00 bits per heavy atom. The second-order valence-electron chi connectivity index (χ2n) is 6.66. The van der Waals surface area contributed by atoms with Gasteiger partial charge in [-0.1, -0.05) is 19.0 Å². The van der Waals surface area contributed by atoms with Gasteiger partial charge in [0.1, 0.15) is 0 Å². The highest BCUT2D eigenvalue weighted by Crippen LogP contribution is 2.36. The predicted octanol–water partition coefficient (Wildman–Crippen LogP) is 3.81. The fourth-order valence-corrected chi connectivity index (χ4v) is 4.05. The van der Waals surface area contributed by atoms with Gasteiger partial charge in [-0.2, -0.15) is 5.10 Å². The van der Waals surface area contributed by atoms with E-state index in [-0.39, 0.29) is 0 Å². The molecule has 5 heteroatoms. The predicted molar refractivity (Wildman–Crippen MR) is 94.9 cm³/mol. The Labute approximate surface area is 142 Å². The van der Waals surface area contributed by atoms with Crippen LogP contribution < -0.4 is 0 Å². The molecule has 2 heterocycles. The molecule has 3 aromatic rings. The van der Waals surface area contributed by atoms with Crippen LogP contribution in [-0.4, -0.2) is 39.4 Å². The highest BCUT2D eigenvalue weighted by Gasteiger charge is 2.29. The molecule has 1 aliphatic carbocycles. The quantitative estimate of drug-likeness (QED) is 0.749. The van der Waals surface area contributed by atoms with E-state index in [0.717, 1.165) is 42.8 Å². The lowest BCUT2D eigenvalue weighted by Gasteiger charge is -2.34. The van der Waals surface area contributed by atoms with E-state index < -0.39 is 0 Å². The second-order valence-corrected chi connectivity index (χ2v) is 6.66. The molecule has 0 radical (unpaired) electrons. The molecule has 0 spiro atoms. The molecular weight excluding hydrogens is 300 g/mol. The molecule has 0 saturated heterocycles. The van der Waals surface area contributed by atoms with Crippen molar-refractivity contribution in [3.8, 4) is 11.3 Å². The number of aromatic nitrogens is 3. The Balaban J connectivity index is 1.78. The van der Waals surface area contributed by atoms with Crippen LogP contribution in [-0.2, 0) is 12.8 Å². The molecule has 1 atom stereocenters. The summed E-state index contributed by atoms with van der Waals surface area (Å²) in [7, 11) is 0. The number of nitrogens with zero attached hydrogens (tertiary/aromatic N) is 3. The van der Waals surface area contributed by atoms with Crippen molar-refractivity contribution in [2.45, 2.75) is 45.6 Å². The van der Waals surface area contributed by atoms with E-state index in [1.54, 1.807) is 6.20 Å². The zero-order valence-corrected chi connectivity index (χ0v) is 14.4. The van der Waals surface area contributed by atoms with Crippen LogP contribution in [0.2, 0.25) is 0 Å². The van der Waals surface area contributed by atoms with Crippen LogP contribution in [0, 0.1) is 0 Å². The molecule has 1 unspecified atom stereocenters. The van der Waals surface area contributed by atoms with Gasteiger partial charge in [-0.15, -0.1) is 0 Å². The van der Waals surface area contributed by atoms with Gasteiger partial charge in [-0.3, -0.25) is 10.00 Å². The maximum absolute atomic E-state index is 5.45. The minimum atomic E-state index is 0.519. The Kier molecular flexibility index (Phi) is 4.10. The maximum Gasteiger partial charge on any atom is 0.167 e. The van der Waals surface area contributed by atoms with Crippen molar-refractivity contribution in [2.75, 3.05) is 13.1 Å². The molecule has 126 valence electrons. The Hall–Kier alpha value is -2.14. The van der Waals surface area contributed by atoms with Crippen molar-refractivity contribution < 1.29 is 4.52 Å². The smallest absolute Gasteiger partial charge is 0.167 e. The van der Waals surface area contributed by atoms with E-state index in [9.17, 15) is 0 Å². The average Bonchev–Trinajstić information content (AvgIpc) is 3.26. The molecule has 0 aliphatic heterocycles. The summed E-state index contributed by atoms with van der Waals surface area (Å²) in [5.41, 5.74) is 4.82. The van der Waals surface area contributed by atoms with Gasteiger partial charge in [-0.25, -0.2) is 0 Å². The van der Waals surface area contributed by atoms with Crippen molar-refractivity contribution in [1.82, 2.24) is 20.3 Å². The molecule has 1 aromatic carbocycles. The Morgan fingerprint density at radius 3 is 2.71 bits per heavy atom. The lowest BCUT2D eigenvalue weighted by atomic mass is 9.86. The number of aromatic amines is 1. The molecule has 1 N–H and O–H groups in total. The first-order chi connectivity index (χ1) is 11.8. The van der Waals surface area contributed by atoms with Gasteiger partial charge in [0.05, 0.1) is 11.7 Å². The van der Waals surface area contributed by atoms with Crippen LogP contribution in [0.15, 0.2) is 28.9 Å². The molecular formula is C19H24N4O.